The van der Waals surface area contributed by atoms with E-state index in [9.17, 15) is 4.39 Å². The number of nitrogens with one attached hydrogen (secondary N) is 2. The molecule has 3 heterocycles. The number of aromatic nitrogens is 5. The number of nitrogen functional groups attached to an aromatic ring is 1. The molecule has 0 aliphatic rings. The van der Waals surface area contributed by atoms with Crippen molar-refractivity contribution in [1.82, 2.24) is 25.1 Å². The van der Waals surface area contributed by atoms with Crippen LogP contribution in [0.1, 0.15) is 0 Å². The minimum atomic E-state index is -0.312. The van der Waals surface area contributed by atoms with Crippen LogP contribution in [0.5, 0.6) is 0 Å². The average molecular weight is 268 g/mol. The molecule has 0 aliphatic carbocycles. The fourth-order valence-electron chi connectivity index (χ4n) is 2.20. The molecule has 1 aromatic carbocycles. The number of H-pyrrole nitrogens is 2. The van der Waals surface area contributed by atoms with E-state index in [2.05, 4.69) is 25.1 Å². The van der Waals surface area contributed by atoms with Gasteiger partial charge in [0.1, 0.15) is 11.5 Å². The number of nitrogens with zero attached hydrogens (tertiary/aromatic N) is 3. The lowest BCUT2D eigenvalue weighted by Gasteiger charge is -1.94. The van der Waals surface area contributed by atoms with Gasteiger partial charge >= 0.3 is 0 Å². The molecule has 0 unspecified atom stereocenters. The topological polar surface area (TPSA) is 96.3 Å². The number of rotatable bonds is 1. The maximum absolute atomic E-state index is 13.2. The van der Waals surface area contributed by atoms with Gasteiger partial charge in [-0.25, -0.2) is 14.4 Å². The average Bonchev–Trinajstić information content (AvgIpc) is 3.00. The standard InChI is InChI=1S/C13H9FN6/c14-6-1-2-9-10(3-6)18-13(17-9)11-8-4-7(15)5-16-12(8)20-19-11/h1-5H,15H2,(H,17,18)(H,16,19,20). The number of nitrogens with two attached hydrogens (primary N) is 1. The maximum atomic E-state index is 13.2. The first-order chi connectivity index (χ1) is 9.70. The summed E-state index contributed by atoms with van der Waals surface area (Å²) in [6.45, 7) is 0. The van der Waals surface area contributed by atoms with Crippen molar-refractivity contribution in [3.8, 4) is 11.5 Å². The summed E-state index contributed by atoms with van der Waals surface area (Å²) in [6, 6.07) is 6.17. The Morgan fingerprint density at radius 3 is 3.00 bits per heavy atom. The molecule has 0 saturated heterocycles. The number of imidazole rings is 1. The van der Waals surface area contributed by atoms with Crippen molar-refractivity contribution in [2.45, 2.75) is 0 Å². The third-order valence-electron chi connectivity index (χ3n) is 3.11. The predicted molar refractivity (Wildman–Crippen MR) is 73.3 cm³/mol. The third-order valence-corrected chi connectivity index (χ3v) is 3.11. The Morgan fingerprint density at radius 1 is 1.20 bits per heavy atom. The first-order valence-electron chi connectivity index (χ1n) is 5.96. The molecule has 4 aromatic rings. The molecule has 0 amide bonds. The van der Waals surface area contributed by atoms with Crippen molar-refractivity contribution in [3.63, 3.8) is 0 Å². The number of pyridine rings is 1. The molecule has 98 valence electrons. The largest absolute Gasteiger partial charge is 0.397 e. The van der Waals surface area contributed by atoms with Gasteiger partial charge in [-0.3, -0.25) is 5.10 Å². The highest BCUT2D eigenvalue weighted by atomic mass is 19.1. The number of hydrogen-bond acceptors (Lipinski definition) is 4. The van der Waals surface area contributed by atoms with Gasteiger partial charge in [0.2, 0.25) is 0 Å². The normalized spacial score (nSPS) is 11.4. The van der Waals surface area contributed by atoms with Gasteiger partial charge < -0.3 is 10.7 Å². The molecular formula is C13H9FN6. The minimum Gasteiger partial charge on any atom is -0.397 e. The Balaban J connectivity index is 1.98. The van der Waals surface area contributed by atoms with Crippen molar-refractivity contribution >= 4 is 27.8 Å². The van der Waals surface area contributed by atoms with Crippen LogP contribution in [0.4, 0.5) is 10.1 Å². The van der Waals surface area contributed by atoms with Gasteiger partial charge in [-0.05, 0) is 24.3 Å². The number of anilines is 1. The summed E-state index contributed by atoms with van der Waals surface area (Å²) in [5.74, 6) is 0.258. The molecule has 0 spiro atoms. The van der Waals surface area contributed by atoms with Gasteiger partial charge in [0.15, 0.2) is 11.5 Å². The quantitative estimate of drug-likeness (QED) is 0.493. The number of fused-ring (bicyclic) bond motifs is 2. The van der Waals surface area contributed by atoms with E-state index in [1.807, 2.05) is 0 Å². The molecule has 0 radical (unpaired) electrons. The van der Waals surface area contributed by atoms with Crippen LogP contribution in [-0.2, 0) is 0 Å². The van der Waals surface area contributed by atoms with Gasteiger partial charge in [0.05, 0.1) is 28.3 Å². The second-order valence-electron chi connectivity index (χ2n) is 4.49. The lowest BCUT2D eigenvalue weighted by Crippen LogP contribution is -1.86. The van der Waals surface area contributed by atoms with Crippen molar-refractivity contribution in [3.05, 3.63) is 36.3 Å². The predicted octanol–water partition coefficient (Wildman–Crippen LogP) is 2.22. The molecule has 0 atom stereocenters. The zero-order chi connectivity index (χ0) is 13.7. The van der Waals surface area contributed by atoms with Gasteiger partial charge in [-0.1, -0.05) is 0 Å². The highest BCUT2D eigenvalue weighted by Gasteiger charge is 2.13. The zero-order valence-corrected chi connectivity index (χ0v) is 10.2. The smallest absolute Gasteiger partial charge is 0.181 e. The van der Waals surface area contributed by atoms with Crippen LogP contribution < -0.4 is 5.73 Å². The Kier molecular flexibility index (Phi) is 2.06. The van der Waals surface area contributed by atoms with Crippen molar-refractivity contribution in [1.29, 1.82) is 0 Å². The van der Waals surface area contributed by atoms with Gasteiger partial charge in [-0.15, -0.1) is 0 Å². The molecule has 0 aliphatic heterocycles. The SMILES string of the molecule is Nc1cnc2n[nH]c(-c3nc4ccc(F)cc4[nH]3)c2c1. The molecule has 0 saturated carbocycles. The minimum absolute atomic E-state index is 0.312. The summed E-state index contributed by atoms with van der Waals surface area (Å²) in [5, 5.41) is 7.74. The van der Waals surface area contributed by atoms with E-state index in [-0.39, 0.29) is 5.82 Å². The van der Waals surface area contributed by atoms with Crippen LogP contribution in [0.25, 0.3) is 33.6 Å². The fourth-order valence-corrected chi connectivity index (χ4v) is 2.20. The van der Waals surface area contributed by atoms with Crippen molar-refractivity contribution < 1.29 is 4.39 Å². The molecule has 0 bridgehead atoms. The Labute approximate surface area is 111 Å². The molecule has 7 heteroatoms. The second kappa shape index (κ2) is 3.77. The molecule has 4 N–H and O–H groups in total. The Hall–Kier alpha value is -2.96. The van der Waals surface area contributed by atoms with Crippen LogP contribution in [-0.4, -0.2) is 25.1 Å². The molecule has 0 fully saturated rings. The zero-order valence-electron chi connectivity index (χ0n) is 10.2. The summed E-state index contributed by atoms with van der Waals surface area (Å²) in [6.07, 6.45) is 1.54. The summed E-state index contributed by atoms with van der Waals surface area (Å²) in [5.41, 5.74) is 8.82. The van der Waals surface area contributed by atoms with Crippen LogP contribution in [0, 0.1) is 5.82 Å². The lowest BCUT2D eigenvalue weighted by molar-refractivity contribution is 0.629. The van der Waals surface area contributed by atoms with E-state index in [1.54, 1.807) is 18.3 Å². The first kappa shape index (κ1) is 10.9. The summed E-state index contributed by atoms with van der Waals surface area (Å²) in [7, 11) is 0. The van der Waals surface area contributed by atoms with E-state index in [4.69, 9.17) is 5.73 Å². The van der Waals surface area contributed by atoms with Gasteiger partial charge in [0, 0.05) is 0 Å². The van der Waals surface area contributed by atoms with E-state index in [1.165, 1.54) is 12.1 Å². The highest BCUT2D eigenvalue weighted by molar-refractivity contribution is 5.92. The summed E-state index contributed by atoms with van der Waals surface area (Å²) < 4.78 is 13.2. The van der Waals surface area contributed by atoms with Crippen LogP contribution in [0.15, 0.2) is 30.5 Å². The second-order valence-corrected chi connectivity index (χ2v) is 4.49. The van der Waals surface area contributed by atoms with Crippen LogP contribution >= 0.6 is 0 Å². The molecule has 3 aromatic heterocycles. The Bertz CT molecular complexity index is 938. The first-order valence-corrected chi connectivity index (χ1v) is 5.96. The van der Waals surface area contributed by atoms with E-state index >= 15 is 0 Å². The summed E-state index contributed by atoms with van der Waals surface area (Å²) >= 11 is 0. The number of hydrogen-bond donors (Lipinski definition) is 3. The molecule has 20 heavy (non-hydrogen) atoms. The molecule has 6 nitrogen and oxygen atoms in total. The number of benzene rings is 1. The third kappa shape index (κ3) is 1.53. The van der Waals surface area contributed by atoms with E-state index < -0.39 is 0 Å². The number of aromatic amines is 2. The van der Waals surface area contributed by atoms with Gasteiger partial charge in [0.25, 0.3) is 0 Å². The lowest BCUT2D eigenvalue weighted by atomic mass is 10.2. The van der Waals surface area contributed by atoms with Crippen LogP contribution in [0.3, 0.4) is 0 Å². The van der Waals surface area contributed by atoms with Crippen molar-refractivity contribution in [2.75, 3.05) is 5.73 Å². The van der Waals surface area contributed by atoms with Crippen LogP contribution in [0.2, 0.25) is 0 Å². The molecule has 4 rings (SSSR count). The highest BCUT2D eigenvalue weighted by Crippen LogP contribution is 2.26. The maximum Gasteiger partial charge on any atom is 0.181 e. The van der Waals surface area contributed by atoms with E-state index in [0.717, 1.165) is 5.39 Å². The fraction of sp³-hybridized carbons (Fsp3) is 0. The van der Waals surface area contributed by atoms with Crippen molar-refractivity contribution in [2.24, 2.45) is 0 Å². The molecular weight excluding hydrogens is 259 g/mol. The number of halogens is 1. The summed E-state index contributed by atoms with van der Waals surface area (Å²) in [4.78, 5) is 11.6. The Morgan fingerprint density at radius 2 is 2.10 bits per heavy atom. The van der Waals surface area contributed by atoms with Gasteiger partial charge in [-0.2, -0.15) is 5.10 Å². The monoisotopic (exact) mass is 268 g/mol. The van der Waals surface area contributed by atoms with E-state index in [0.29, 0.717) is 33.9 Å².